The third-order valence-corrected chi connectivity index (χ3v) is 7.88. The Morgan fingerprint density at radius 2 is 1.73 bits per heavy atom. The van der Waals surface area contributed by atoms with E-state index in [4.69, 9.17) is 14.5 Å². The molecule has 1 heterocycles. The number of aromatic nitrogens is 2. The summed E-state index contributed by atoms with van der Waals surface area (Å²) in [4.78, 5) is 18.2. The summed E-state index contributed by atoms with van der Waals surface area (Å²) >= 11 is 3.35. The van der Waals surface area contributed by atoms with Crippen LogP contribution in [-0.4, -0.2) is 56.3 Å². The van der Waals surface area contributed by atoms with Crippen LogP contribution in [0.1, 0.15) is 25.2 Å². The van der Waals surface area contributed by atoms with E-state index in [2.05, 4.69) is 15.9 Å². The third-order valence-electron chi connectivity index (χ3n) is 5.36. The first-order valence-corrected chi connectivity index (χ1v) is 12.8. The molecule has 0 radical (unpaired) electrons. The van der Waals surface area contributed by atoms with Gasteiger partial charge in [-0.1, -0.05) is 28.1 Å². The molecule has 0 saturated carbocycles. The minimum Gasteiger partial charge on any atom is -0.385 e. The summed E-state index contributed by atoms with van der Waals surface area (Å²) in [5, 5.41) is 0.478. The zero-order valence-electron chi connectivity index (χ0n) is 18.9. The molecule has 0 amide bonds. The van der Waals surface area contributed by atoms with Crippen LogP contribution in [0.3, 0.4) is 0 Å². The number of rotatable bonds is 11. The lowest BCUT2D eigenvalue weighted by atomic mass is 10.2. The predicted molar refractivity (Wildman–Crippen MR) is 131 cm³/mol. The first-order valence-electron chi connectivity index (χ1n) is 10.6. The number of methoxy groups -OCH3 is 2. The van der Waals surface area contributed by atoms with E-state index in [1.807, 2.05) is 0 Å². The van der Waals surface area contributed by atoms with Crippen molar-refractivity contribution in [2.75, 3.05) is 34.0 Å². The summed E-state index contributed by atoms with van der Waals surface area (Å²) in [5.74, 6) is 0.369. The third kappa shape index (κ3) is 5.70. The van der Waals surface area contributed by atoms with E-state index in [9.17, 15) is 13.2 Å². The summed E-state index contributed by atoms with van der Waals surface area (Å²) in [5.41, 5.74) is 0.299. The van der Waals surface area contributed by atoms with Gasteiger partial charge in [0.25, 0.3) is 5.56 Å². The normalized spacial score (nSPS) is 13.0. The van der Waals surface area contributed by atoms with Crippen molar-refractivity contribution in [3.8, 4) is 0 Å². The summed E-state index contributed by atoms with van der Waals surface area (Å²) < 4.78 is 41.3. The van der Waals surface area contributed by atoms with Gasteiger partial charge in [-0.2, -0.15) is 4.31 Å². The van der Waals surface area contributed by atoms with Crippen molar-refractivity contribution in [3.05, 3.63) is 69.2 Å². The van der Waals surface area contributed by atoms with E-state index in [0.717, 1.165) is 4.47 Å². The Bertz CT molecular complexity index is 1250. The molecule has 3 aromatic rings. The van der Waals surface area contributed by atoms with Gasteiger partial charge in [0.2, 0.25) is 10.0 Å². The zero-order chi connectivity index (χ0) is 24.0. The van der Waals surface area contributed by atoms with Gasteiger partial charge < -0.3 is 9.47 Å². The fourth-order valence-electron chi connectivity index (χ4n) is 3.66. The number of halogens is 1. The molecule has 0 aliphatic heterocycles. The van der Waals surface area contributed by atoms with Crippen LogP contribution in [0.15, 0.2) is 62.7 Å². The molecule has 1 unspecified atom stereocenters. The highest BCUT2D eigenvalue weighted by molar-refractivity contribution is 9.10. The number of hydrogen-bond acceptors (Lipinski definition) is 6. The van der Waals surface area contributed by atoms with Crippen LogP contribution in [0, 0.1) is 0 Å². The van der Waals surface area contributed by atoms with Crippen LogP contribution in [0.25, 0.3) is 10.9 Å². The number of sulfonamides is 1. The second-order valence-electron chi connectivity index (χ2n) is 7.53. The molecule has 0 bridgehead atoms. The van der Waals surface area contributed by atoms with Gasteiger partial charge in [0.15, 0.2) is 0 Å². The van der Waals surface area contributed by atoms with Crippen LogP contribution in [-0.2, 0) is 26.0 Å². The molecule has 10 heteroatoms. The van der Waals surface area contributed by atoms with Gasteiger partial charge in [-0.3, -0.25) is 9.36 Å². The molecule has 0 aliphatic carbocycles. The second-order valence-corrected chi connectivity index (χ2v) is 10.3. The smallest absolute Gasteiger partial charge is 0.261 e. The number of hydrogen-bond donors (Lipinski definition) is 0. The highest BCUT2D eigenvalue weighted by Crippen LogP contribution is 2.28. The van der Waals surface area contributed by atoms with Crippen molar-refractivity contribution in [2.24, 2.45) is 0 Å². The Morgan fingerprint density at radius 1 is 1.06 bits per heavy atom. The van der Waals surface area contributed by atoms with E-state index in [-0.39, 0.29) is 23.5 Å². The van der Waals surface area contributed by atoms with Gasteiger partial charge in [-0.15, -0.1) is 0 Å². The molecular formula is C23H28BrN3O5S. The lowest BCUT2D eigenvalue weighted by Crippen LogP contribution is -2.39. The van der Waals surface area contributed by atoms with E-state index >= 15 is 0 Å². The molecule has 0 aliphatic rings. The number of fused-ring (bicyclic) bond motifs is 1. The molecular weight excluding hydrogens is 510 g/mol. The maximum Gasteiger partial charge on any atom is 0.261 e. The van der Waals surface area contributed by atoms with E-state index in [1.165, 1.54) is 8.87 Å². The SMILES string of the molecule is COCCCN(C(C)c1nc2ccccc2c(=O)n1CCOC)S(=O)(=O)c1ccc(Br)cc1. The monoisotopic (exact) mass is 537 g/mol. The maximum atomic E-state index is 13.7. The molecule has 0 N–H and O–H groups in total. The predicted octanol–water partition coefficient (Wildman–Crippen LogP) is 3.59. The van der Waals surface area contributed by atoms with Gasteiger partial charge in [-0.25, -0.2) is 13.4 Å². The van der Waals surface area contributed by atoms with Crippen LogP contribution >= 0.6 is 15.9 Å². The Morgan fingerprint density at radius 3 is 2.39 bits per heavy atom. The molecule has 1 atom stereocenters. The first-order chi connectivity index (χ1) is 15.8. The van der Waals surface area contributed by atoms with Crippen molar-refractivity contribution in [3.63, 3.8) is 0 Å². The largest absolute Gasteiger partial charge is 0.385 e. The lowest BCUT2D eigenvalue weighted by Gasteiger charge is -2.29. The average Bonchev–Trinajstić information content (AvgIpc) is 2.81. The fourth-order valence-corrected chi connectivity index (χ4v) is 5.56. The van der Waals surface area contributed by atoms with Gasteiger partial charge in [-0.05, 0) is 49.7 Å². The van der Waals surface area contributed by atoms with Gasteiger partial charge in [0.1, 0.15) is 5.82 Å². The first kappa shape index (κ1) is 25.5. The Balaban J connectivity index is 2.14. The lowest BCUT2D eigenvalue weighted by molar-refractivity contribution is 0.176. The number of ether oxygens (including phenoxy) is 2. The highest BCUT2D eigenvalue weighted by atomic mass is 79.9. The number of para-hydroxylation sites is 1. The van der Waals surface area contributed by atoms with E-state index < -0.39 is 16.1 Å². The fraction of sp³-hybridized carbons (Fsp3) is 0.391. The molecule has 0 fully saturated rings. The molecule has 0 spiro atoms. The Kier molecular flexibility index (Phi) is 8.77. The van der Waals surface area contributed by atoms with Gasteiger partial charge in [0.05, 0.1) is 35.0 Å². The van der Waals surface area contributed by atoms with Gasteiger partial charge in [0, 0.05) is 31.8 Å². The van der Waals surface area contributed by atoms with Crippen LogP contribution in [0.5, 0.6) is 0 Å². The maximum absolute atomic E-state index is 13.7. The van der Waals surface area contributed by atoms with Gasteiger partial charge >= 0.3 is 0 Å². The van der Waals surface area contributed by atoms with Crippen LogP contribution in [0.4, 0.5) is 0 Å². The number of benzene rings is 2. The molecule has 0 saturated heterocycles. The minimum atomic E-state index is -3.88. The van der Waals surface area contributed by atoms with Crippen molar-refractivity contribution in [1.29, 1.82) is 0 Å². The zero-order valence-corrected chi connectivity index (χ0v) is 21.3. The molecule has 33 heavy (non-hydrogen) atoms. The average molecular weight is 538 g/mol. The molecule has 2 aromatic carbocycles. The Hall–Kier alpha value is -2.11. The quantitative estimate of drug-likeness (QED) is 0.347. The van der Waals surface area contributed by atoms with Crippen molar-refractivity contribution in [1.82, 2.24) is 13.9 Å². The molecule has 178 valence electrons. The van der Waals surface area contributed by atoms with E-state index in [0.29, 0.717) is 36.4 Å². The summed E-state index contributed by atoms with van der Waals surface area (Å²) in [6.07, 6.45) is 0.493. The molecule has 8 nitrogen and oxygen atoms in total. The Labute approximate surface area is 202 Å². The van der Waals surface area contributed by atoms with Crippen LogP contribution in [0.2, 0.25) is 0 Å². The molecule has 3 rings (SSSR count). The van der Waals surface area contributed by atoms with Crippen molar-refractivity contribution < 1.29 is 17.9 Å². The summed E-state index contributed by atoms with van der Waals surface area (Å²) in [6, 6.07) is 12.8. The highest BCUT2D eigenvalue weighted by Gasteiger charge is 2.32. The number of nitrogens with zero attached hydrogens (tertiary/aromatic N) is 3. The van der Waals surface area contributed by atoms with E-state index in [1.54, 1.807) is 69.7 Å². The van der Waals surface area contributed by atoms with Crippen molar-refractivity contribution in [2.45, 2.75) is 30.8 Å². The summed E-state index contributed by atoms with van der Waals surface area (Å²) in [6.45, 7) is 2.92. The second kappa shape index (κ2) is 11.3. The summed E-state index contributed by atoms with van der Waals surface area (Å²) in [7, 11) is -0.752. The standard InChI is InChI=1S/C23H28BrN3O5S/c1-17(22-25-21-8-5-4-7-20(21)23(28)26(22)14-16-32-3)27(13-6-15-31-2)33(29,30)19-11-9-18(24)10-12-19/h4-5,7-12,17H,6,13-16H2,1-3H3. The topological polar surface area (TPSA) is 90.7 Å². The minimum absolute atomic E-state index is 0.168. The van der Waals surface area contributed by atoms with Crippen molar-refractivity contribution >= 4 is 36.9 Å². The van der Waals surface area contributed by atoms with Crippen LogP contribution < -0.4 is 5.56 Å². The molecule has 1 aromatic heterocycles.